The van der Waals surface area contributed by atoms with Crippen LogP contribution in [0.5, 0.6) is 0 Å². The van der Waals surface area contributed by atoms with E-state index >= 15 is 0 Å². The first-order valence-corrected chi connectivity index (χ1v) is 9.10. The number of amidine groups is 1. The largest absolute Gasteiger partial charge is 0.383 e. The minimum atomic E-state index is -0.952. The molecule has 1 N–H and O–H groups in total. The quantitative estimate of drug-likeness (QED) is 0.893. The smallest absolute Gasteiger partial charge is 0.262 e. The number of rotatable bonds is 2. The lowest BCUT2D eigenvalue weighted by Gasteiger charge is -2.25. The molecular weight excluding hydrogens is 322 g/mol. The van der Waals surface area contributed by atoms with Crippen molar-refractivity contribution in [2.24, 2.45) is 4.99 Å². The lowest BCUT2D eigenvalue weighted by molar-refractivity contribution is -0.126. The molecule has 126 valence electrons. The summed E-state index contributed by atoms with van der Waals surface area (Å²) in [7, 11) is 0. The summed E-state index contributed by atoms with van der Waals surface area (Å²) < 4.78 is 0. The number of carbonyl (C=O) groups excluding carboxylic acids is 1. The normalized spacial score (nSPS) is 26.2. The number of aliphatic imine (C=N–C) groups is 1. The first-order chi connectivity index (χ1) is 11.5. The number of benzene rings is 1. The molecular formula is C18H21N3O2S. The molecule has 0 saturated carbocycles. The minimum Gasteiger partial charge on any atom is -0.383 e. The standard InChI is InChI=1S/C18H21N3O2S/c1-12-5-3-4-6-14(12)18(23)7-9-20(11-18)16(22)15-13(2)21-10-8-19-17(21)24-15/h3-6,23H,7-11H2,1-2H3/t18-/m0/s1. The maximum atomic E-state index is 12.9. The average molecular weight is 343 g/mol. The molecule has 0 radical (unpaired) electrons. The van der Waals surface area contributed by atoms with Crippen LogP contribution in [0.1, 0.15) is 24.5 Å². The predicted molar refractivity (Wildman–Crippen MR) is 95.6 cm³/mol. The molecule has 3 aliphatic heterocycles. The number of hydrogen-bond donors (Lipinski definition) is 1. The van der Waals surface area contributed by atoms with Gasteiger partial charge in [0.25, 0.3) is 5.91 Å². The summed E-state index contributed by atoms with van der Waals surface area (Å²) in [5.41, 5.74) is 2.03. The summed E-state index contributed by atoms with van der Waals surface area (Å²) in [6.45, 7) is 6.57. The highest BCUT2D eigenvalue weighted by Gasteiger charge is 2.43. The van der Waals surface area contributed by atoms with E-state index < -0.39 is 5.60 Å². The maximum Gasteiger partial charge on any atom is 0.262 e. The van der Waals surface area contributed by atoms with Gasteiger partial charge >= 0.3 is 0 Å². The topological polar surface area (TPSA) is 56.1 Å². The van der Waals surface area contributed by atoms with Crippen molar-refractivity contribution < 1.29 is 9.90 Å². The van der Waals surface area contributed by atoms with E-state index in [1.165, 1.54) is 11.8 Å². The lowest BCUT2D eigenvalue weighted by Crippen LogP contribution is -2.35. The number of aryl methyl sites for hydroxylation is 1. The number of amides is 1. The van der Waals surface area contributed by atoms with Gasteiger partial charge < -0.3 is 14.9 Å². The van der Waals surface area contributed by atoms with E-state index in [9.17, 15) is 9.90 Å². The Kier molecular flexibility index (Phi) is 3.69. The third-order valence-corrected chi connectivity index (χ3v) is 6.31. The second-order valence-electron chi connectivity index (χ2n) is 6.66. The number of hydrogen-bond acceptors (Lipinski definition) is 5. The minimum absolute atomic E-state index is 0.0131. The monoisotopic (exact) mass is 343 g/mol. The van der Waals surface area contributed by atoms with Crippen molar-refractivity contribution in [1.29, 1.82) is 0 Å². The molecule has 0 aliphatic carbocycles. The Morgan fingerprint density at radius 2 is 2.08 bits per heavy atom. The number of likely N-dealkylation sites (tertiary alicyclic amines) is 1. The number of carbonyl (C=O) groups is 1. The Hall–Kier alpha value is -1.79. The van der Waals surface area contributed by atoms with Gasteiger partial charge in [0.15, 0.2) is 5.17 Å². The van der Waals surface area contributed by atoms with Crippen LogP contribution in [0.25, 0.3) is 0 Å². The zero-order valence-electron chi connectivity index (χ0n) is 14.0. The number of allylic oxidation sites excluding steroid dienone is 1. The van der Waals surface area contributed by atoms with Gasteiger partial charge in [0, 0.05) is 18.8 Å². The van der Waals surface area contributed by atoms with Crippen LogP contribution in [0.15, 0.2) is 39.9 Å². The Balaban J connectivity index is 1.55. The molecule has 5 nitrogen and oxygen atoms in total. The Bertz CT molecular complexity index is 773. The van der Waals surface area contributed by atoms with Gasteiger partial charge in [-0.1, -0.05) is 24.3 Å². The van der Waals surface area contributed by atoms with Gasteiger partial charge in [-0.15, -0.1) is 0 Å². The van der Waals surface area contributed by atoms with Gasteiger partial charge in [0.2, 0.25) is 0 Å². The summed E-state index contributed by atoms with van der Waals surface area (Å²) in [6, 6.07) is 7.88. The highest BCUT2D eigenvalue weighted by atomic mass is 32.2. The SMILES string of the molecule is CC1=C(C(=O)N2CC[C@@](O)(c3ccccc3C)C2)SC2=NCCN21. The summed E-state index contributed by atoms with van der Waals surface area (Å²) >= 11 is 1.47. The van der Waals surface area contributed by atoms with Crippen LogP contribution in [-0.2, 0) is 10.4 Å². The third-order valence-electron chi connectivity index (χ3n) is 5.10. The molecule has 1 amide bonds. The Morgan fingerprint density at radius 3 is 2.83 bits per heavy atom. The first-order valence-electron chi connectivity index (χ1n) is 8.28. The molecule has 3 heterocycles. The van der Waals surface area contributed by atoms with E-state index in [4.69, 9.17) is 0 Å². The van der Waals surface area contributed by atoms with Gasteiger partial charge in [0.05, 0.1) is 18.0 Å². The van der Waals surface area contributed by atoms with Gasteiger partial charge in [-0.25, -0.2) is 0 Å². The number of thioether (sulfide) groups is 1. The van der Waals surface area contributed by atoms with Crippen LogP contribution in [0.4, 0.5) is 0 Å². The molecule has 1 aromatic rings. The summed E-state index contributed by atoms with van der Waals surface area (Å²) in [5.74, 6) is 0.0131. The summed E-state index contributed by atoms with van der Waals surface area (Å²) in [5, 5.41) is 12.0. The molecule has 0 spiro atoms. The molecule has 1 fully saturated rings. The van der Waals surface area contributed by atoms with Gasteiger partial charge in [-0.3, -0.25) is 9.79 Å². The van der Waals surface area contributed by atoms with Crippen LogP contribution in [0.2, 0.25) is 0 Å². The second kappa shape index (κ2) is 5.63. The van der Waals surface area contributed by atoms with Crippen molar-refractivity contribution in [3.8, 4) is 0 Å². The number of nitrogens with zero attached hydrogens (tertiary/aromatic N) is 3. The van der Waals surface area contributed by atoms with Crippen molar-refractivity contribution in [2.75, 3.05) is 26.2 Å². The maximum absolute atomic E-state index is 12.9. The summed E-state index contributed by atoms with van der Waals surface area (Å²) in [4.78, 5) is 22.0. The molecule has 0 unspecified atom stereocenters. The number of fused-ring (bicyclic) bond motifs is 1. The zero-order chi connectivity index (χ0) is 16.9. The molecule has 1 aromatic carbocycles. The van der Waals surface area contributed by atoms with Gasteiger partial charge in [0.1, 0.15) is 5.60 Å². The Morgan fingerprint density at radius 1 is 1.29 bits per heavy atom. The van der Waals surface area contributed by atoms with Crippen molar-refractivity contribution in [3.05, 3.63) is 46.0 Å². The second-order valence-corrected chi connectivity index (χ2v) is 7.63. The van der Waals surface area contributed by atoms with Crippen LogP contribution < -0.4 is 0 Å². The van der Waals surface area contributed by atoms with Gasteiger partial charge in [-0.2, -0.15) is 0 Å². The fourth-order valence-corrected chi connectivity index (χ4v) is 4.89. The van der Waals surface area contributed by atoms with Crippen LogP contribution >= 0.6 is 11.8 Å². The molecule has 24 heavy (non-hydrogen) atoms. The average Bonchev–Trinajstić information content (AvgIpc) is 3.25. The van der Waals surface area contributed by atoms with Crippen LogP contribution in [-0.4, -0.2) is 52.2 Å². The van der Waals surface area contributed by atoms with Gasteiger partial charge in [-0.05, 0) is 43.2 Å². The highest BCUT2D eigenvalue weighted by molar-refractivity contribution is 8.18. The van der Waals surface area contributed by atoms with Crippen molar-refractivity contribution >= 4 is 22.8 Å². The number of β-amino-alcohol motifs (C(OH)–C–C–N with tert-alkyl or cyclic N) is 1. The van der Waals surface area contributed by atoms with E-state index in [2.05, 4.69) is 9.89 Å². The van der Waals surface area contributed by atoms with E-state index in [1.54, 1.807) is 4.90 Å². The molecule has 0 aromatic heterocycles. The highest BCUT2D eigenvalue weighted by Crippen LogP contribution is 2.40. The third kappa shape index (κ3) is 2.36. The van der Waals surface area contributed by atoms with Crippen LogP contribution in [0, 0.1) is 6.92 Å². The van der Waals surface area contributed by atoms with E-state index in [-0.39, 0.29) is 5.91 Å². The predicted octanol–water partition coefficient (Wildman–Crippen LogP) is 2.06. The zero-order valence-corrected chi connectivity index (χ0v) is 14.8. The van der Waals surface area contributed by atoms with E-state index in [1.807, 2.05) is 38.1 Å². The fraction of sp³-hybridized carbons (Fsp3) is 0.444. The molecule has 1 saturated heterocycles. The molecule has 3 aliphatic rings. The fourth-order valence-electron chi connectivity index (χ4n) is 3.74. The molecule has 1 atom stereocenters. The molecule has 6 heteroatoms. The van der Waals surface area contributed by atoms with E-state index in [0.717, 1.165) is 40.0 Å². The first kappa shape index (κ1) is 15.7. The van der Waals surface area contributed by atoms with Crippen molar-refractivity contribution in [1.82, 2.24) is 9.80 Å². The van der Waals surface area contributed by atoms with Crippen molar-refractivity contribution in [2.45, 2.75) is 25.9 Å². The summed E-state index contributed by atoms with van der Waals surface area (Å²) in [6.07, 6.45) is 0.575. The molecule has 0 bridgehead atoms. The van der Waals surface area contributed by atoms with Crippen LogP contribution in [0.3, 0.4) is 0 Å². The lowest BCUT2D eigenvalue weighted by atomic mass is 9.89. The molecule has 4 rings (SSSR count). The number of aliphatic hydroxyl groups is 1. The van der Waals surface area contributed by atoms with E-state index in [0.29, 0.717) is 19.5 Å². The van der Waals surface area contributed by atoms with Crippen molar-refractivity contribution in [3.63, 3.8) is 0 Å². The Labute approximate surface area is 146 Å².